The number of hydrogen-bond acceptors (Lipinski definition) is 4. The van der Waals surface area contributed by atoms with Gasteiger partial charge in [0.2, 0.25) is 0 Å². The van der Waals surface area contributed by atoms with Gasteiger partial charge in [-0.2, -0.15) is 0 Å². The van der Waals surface area contributed by atoms with E-state index in [1.807, 2.05) is 50.2 Å². The molecule has 0 atom stereocenters. The van der Waals surface area contributed by atoms with E-state index in [-0.39, 0.29) is 23.4 Å². The Labute approximate surface area is 179 Å². The highest BCUT2D eigenvalue weighted by atomic mass is 16.2. The highest BCUT2D eigenvalue weighted by Crippen LogP contribution is 2.34. The maximum absolute atomic E-state index is 13.3. The van der Waals surface area contributed by atoms with Crippen molar-refractivity contribution in [2.75, 3.05) is 10.2 Å². The van der Waals surface area contributed by atoms with Gasteiger partial charge in [0.15, 0.2) is 0 Å². The second-order valence-corrected chi connectivity index (χ2v) is 9.71. The molecule has 3 amide bonds. The maximum atomic E-state index is 13.3. The second-order valence-electron chi connectivity index (χ2n) is 9.71. The summed E-state index contributed by atoms with van der Waals surface area (Å²) in [6.07, 6.45) is 1.72. The summed E-state index contributed by atoms with van der Waals surface area (Å²) in [4.78, 5) is 33.7. The monoisotopic (exact) mass is 408 g/mol. The summed E-state index contributed by atoms with van der Waals surface area (Å²) in [7, 11) is 0. The van der Waals surface area contributed by atoms with Gasteiger partial charge in [0.05, 0.1) is 5.69 Å². The van der Waals surface area contributed by atoms with E-state index < -0.39 is 5.54 Å². The number of carbonyl (C=O) groups is 2. The van der Waals surface area contributed by atoms with Crippen LogP contribution in [0.1, 0.15) is 59.6 Å². The molecule has 0 saturated carbocycles. The van der Waals surface area contributed by atoms with Crippen molar-refractivity contribution in [1.29, 1.82) is 0 Å². The zero-order chi connectivity index (χ0) is 22.3. The number of carbonyl (C=O) groups excluding carboxylic acids is 2. The van der Waals surface area contributed by atoms with Gasteiger partial charge in [0.1, 0.15) is 11.4 Å². The molecular weight excluding hydrogens is 376 g/mol. The molecule has 6 heteroatoms. The van der Waals surface area contributed by atoms with Gasteiger partial charge in [0.25, 0.3) is 5.91 Å². The first-order valence-corrected chi connectivity index (χ1v) is 10.4. The number of rotatable bonds is 5. The molecular formula is C24H32N4O2. The lowest BCUT2D eigenvalue weighted by molar-refractivity contribution is -0.123. The van der Waals surface area contributed by atoms with E-state index in [0.717, 1.165) is 16.9 Å². The van der Waals surface area contributed by atoms with E-state index in [0.29, 0.717) is 12.2 Å². The van der Waals surface area contributed by atoms with Crippen LogP contribution in [-0.4, -0.2) is 33.4 Å². The van der Waals surface area contributed by atoms with E-state index in [9.17, 15) is 9.59 Å². The second kappa shape index (κ2) is 7.74. The Balaban J connectivity index is 1.87. The lowest BCUT2D eigenvalue weighted by Crippen LogP contribution is -2.43. The topological polar surface area (TPSA) is 65.5 Å². The average molecular weight is 409 g/mol. The zero-order valence-electron chi connectivity index (χ0n) is 19.0. The molecule has 0 bridgehead atoms. The SMILES string of the molecule is CC(C)Nc1cc(CN2C(=O)N(c3ccc(C(C)(C)C)cc3)C(=O)C2(C)C)ccn1. The first kappa shape index (κ1) is 21.8. The quantitative estimate of drug-likeness (QED) is 0.711. The van der Waals surface area contributed by atoms with Crippen LogP contribution in [0.5, 0.6) is 0 Å². The fourth-order valence-corrected chi connectivity index (χ4v) is 3.57. The Morgan fingerprint density at radius 2 is 1.70 bits per heavy atom. The van der Waals surface area contributed by atoms with Crippen LogP contribution in [0.25, 0.3) is 0 Å². The van der Waals surface area contributed by atoms with Gasteiger partial charge in [-0.1, -0.05) is 32.9 Å². The number of nitrogens with one attached hydrogen (secondary N) is 1. The van der Waals surface area contributed by atoms with Gasteiger partial charge in [-0.15, -0.1) is 0 Å². The van der Waals surface area contributed by atoms with Crippen molar-refractivity contribution in [2.45, 2.75) is 72.0 Å². The number of amides is 3. The summed E-state index contributed by atoms with van der Waals surface area (Å²) >= 11 is 0. The van der Waals surface area contributed by atoms with Gasteiger partial charge in [-0.3, -0.25) is 4.79 Å². The minimum atomic E-state index is -0.936. The summed E-state index contributed by atoms with van der Waals surface area (Å²) in [6.45, 7) is 14.4. The third-order valence-electron chi connectivity index (χ3n) is 5.42. The van der Waals surface area contributed by atoms with Crippen LogP contribution in [0.15, 0.2) is 42.6 Å². The number of pyridine rings is 1. The molecule has 1 fully saturated rings. The van der Waals surface area contributed by atoms with Gasteiger partial charge in [-0.05, 0) is 68.5 Å². The molecule has 3 rings (SSSR count). The first-order valence-electron chi connectivity index (χ1n) is 10.4. The molecule has 2 aromatic rings. The molecule has 1 aliphatic heterocycles. The molecule has 1 N–H and O–H groups in total. The van der Waals surface area contributed by atoms with E-state index in [2.05, 4.69) is 31.1 Å². The highest BCUT2D eigenvalue weighted by molar-refractivity contribution is 6.22. The van der Waals surface area contributed by atoms with Gasteiger partial charge in [-0.25, -0.2) is 14.7 Å². The van der Waals surface area contributed by atoms with Crippen molar-refractivity contribution < 1.29 is 9.59 Å². The van der Waals surface area contributed by atoms with Gasteiger partial charge in [0, 0.05) is 18.8 Å². The summed E-state index contributed by atoms with van der Waals surface area (Å²) in [5, 5.41) is 3.27. The minimum absolute atomic E-state index is 0.00589. The Hall–Kier alpha value is -2.89. The van der Waals surface area contributed by atoms with Crippen molar-refractivity contribution >= 4 is 23.4 Å². The number of aromatic nitrogens is 1. The van der Waals surface area contributed by atoms with E-state index in [1.54, 1.807) is 24.9 Å². The van der Waals surface area contributed by atoms with Crippen LogP contribution in [0.3, 0.4) is 0 Å². The van der Waals surface area contributed by atoms with Crippen molar-refractivity contribution in [1.82, 2.24) is 9.88 Å². The smallest absolute Gasteiger partial charge is 0.332 e. The first-order chi connectivity index (χ1) is 13.9. The third kappa shape index (κ3) is 4.18. The molecule has 1 saturated heterocycles. The molecule has 1 aliphatic rings. The van der Waals surface area contributed by atoms with Gasteiger partial charge >= 0.3 is 6.03 Å². The minimum Gasteiger partial charge on any atom is -0.368 e. The fourth-order valence-electron chi connectivity index (χ4n) is 3.57. The standard InChI is InChI=1S/C24H32N4O2/c1-16(2)26-20-14-17(12-13-25-20)15-27-22(30)28(21(29)24(27,6)7)19-10-8-18(9-11-19)23(3,4)5/h8-14,16H,15H2,1-7H3,(H,25,26). The average Bonchev–Trinajstić information content (AvgIpc) is 2.81. The number of benzene rings is 1. The Bertz CT molecular complexity index is 942. The Kier molecular flexibility index (Phi) is 5.63. The van der Waals surface area contributed by atoms with Crippen LogP contribution in [0.2, 0.25) is 0 Å². The molecule has 0 radical (unpaired) electrons. The number of urea groups is 1. The molecule has 2 heterocycles. The predicted molar refractivity (Wildman–Crippen MR) is 121 cm³/mol. The van der Waals surface area contributed by atoms with Crippen LogP contribution in [0.4, 0.5) is 16.3 Å². The van der Waals surface area contributed by atoms with E-state index in [1.165, 1.54) is 4.90 Å². The number of nitrogens with zero attached hydrogens (tertiary/aromatic N) is 3. The molecule has 0 spiro atoms. The lowest BCUT2D eigenvalue weighted by Gasteiger charge is -2.27. The van der Waals surface area contributed by atoms with Crippen LogP contribution in [-0.2, 0) is 16.8 Å². The molecule has 6 nitrogen and oxygen atoms in total. The molecule has 1 aromatic carbocycles. The van der Waals surface area contributed by atoms with Gasteiger partial charge < -0.3 is 10.2 Å². The Morgan fingerprint density at radius 1 is 1.07 bits per heavy atom. The van der Waals surface area contributed by atoms with E-state index >= 15 is 0 Å². The van der Waals surface area contributed by atoms with E-state index in [4.69, 9.17) is 0 Å². The van der Waals surface area contributed by atoms with Crippen LogP contribution >= 0.6 is 0 Å². The summed E-state index contributed by atoms with van der Waals surface area (Å²) in [5.74, 6) is 0.540. The van der Waals surface area contributed by atoms with Crippen molar-refractivity contribution in [2.24, 2.45) is 0 Å². The Morgan fingerprint density at radius 3 is 2.27 bits per heavy atom. The number of imide groups is 1. The number of hydrogen-bond donors (Lipinski definition) is 1. The fraction of sp³-hybridized carbons (Fsp3) is 0.458. The molecule has 30 heavy (non-hydrogen) atoms. The normalized spacial score (nSPS) is 16.5. The summed E-state index contributed by atoms with van der Waals surface area (Å²) in [6, 6.07) is 11.4. The van der Waals surface area contributed by atoms with Crippen molar-refractivity contribution in [3.8, 4) is 0 Å². The molecule has 0 unspecified atom stereocenters. The van der Waals surface area contributed by atoms with Crippen molar-refractivity contribution in [3.05, 3.63) is 53.7 Å². The molecule has 1 aromatic heterocycles. The lowest BCUT2D eigenvalue weighted by atomic mass is 9.87. The molecule has 160 valence electrons. The largest absolute Gasteiger partial charge is 0.368 e. The maximum Gasteiger partial charge on any atom is 0.332 e. The molecule has 0 aliphatic carbocycles. The zero-order valence-corrected chi connectivity index (χ0v) is 19.0. The van der Waals surface area contributed by atoms with Crippen LogP contribution < -0.4 is 10.2 Å². The third-order valence-corrected chi connectivity index (χ3v) is 5.42. The summed E-state index contributed by atoms with van der Waals surface area (Å²) in [5.41, 5.74) is 1.75. The predicted octanol–water partition coefficient (Wildman–Crippen LogP) is 4.95. The highest BCUT2D eigenvalue weighted by Gasteiger charge is 2.51. The number of anilines is 2. The van der Waals surface area contributed by atoms with Crippen LogP contribution in [0, 0.1) is 0 Å². The summed E-state index contributed by atoms with van der Waals surface area (Å²) < 4.78 is 0. The van der Waals surface area contributed by atoms with Crippen molar-refractivity contribution in [3.63, 3.8) is 0 Å².